The smallest absolute Gasteiger partial charge is 0.391 e. The first kappa shape index (κ1) is 20.6. The van der Waals surface area contributed by atoms with Gasteiger partial charge >= 0.3 is 5.76 Å². The van der Waals surface area contributed by atoms with E-state index in [1.807, 2.05) is 31.2 Å². The van der Waals surface area contributed by atoms with E-state index < -0.39 is 21.8 Å². The number of hydrogen-bond acceptors (Lipinski definition) is 6. The van der Waals surface area contributed by atoms with E-state index in [1.165, 1.54) is 17.2 Å². The summed E-state index contributed by atoms with van der Waals surface area (Å²) in [5.41, 5.74) is 3.90. The minimum absolute atomic E-state index is 0.00475. The van der Waals surface area contributed by atoms with E-state index in [0.29, 0.717) is 10.9 Å². The third-order valence-electron chi connectivity index (χ3n) is 6.06. The zero-order valence-corrected chi connectivity index (χ0v) is 18.2. The first-order chi connectivity index (χ1) is 15.4. The van der Waals surface area contributed by atoms with Gasteiger partial charge in [0, 0.05) is 17.5 Å². The van der Waals surface area contributed by atoms with Crippen molar-refractivity contribution in [3.63, 3.8) is 0 Å². The molecule has 0 bridgehead atoms. The fourth-order valence-corrected chi connectivity index (χ4v) is 5.97. The number of para-hydroxylation sites is 1. The molecule has 2 atom stereocenters. The van der Waals surface area contributed by atoms with Crippen molar-refractivity contribution < 1.29 is 12.8 Å². The van der Waals surface area contributed by atoms with E-state index >= 15 is 0 Å². The minimum atomic E-state index is -4.02. The Bertz CT molecular complexity index is 1450. The van der Waals surface area contributed by atoms with Gasteiger partial charge in [-0.15, -0.1) is 5.10 Å². The molecule has 0 saturated heterocycles. The van der Waals surface area contributed by atoms with Crippen molar-refractivity contribution in [2.75, 3.05) is 0 Å². The SMILES string of the molecule is CC(c1cccc2c1CCC2)C(NS(=O)(=O)c1cccc2cccnc12)c1n[nH]c(=O)o1. The minimum Gasteiger partial charge on any atom is -0.391 e. The number of rotatable bonds is 6. The van der Waals surface area contributed by atoms with E-state index in [-0.39, 0.29) is 16.7 Å². The Morgan fingerprint density at radius 1 is 1.09 bits per heavy atom. The number of aromatic nitrogens is 3. The lowest BCUT2D eigenvalue weighted by atomic mass is 9.88. The molecule has 0 aliphatic heterocycles. The van der Waals surface area contributed by atoms with Crippen LogP contribution in [-0.4, -0.2) is 23.6 Å². The average Bonchev–Trinajstić information content (AvgIpc) is 3.45. The maximum absolute atomic E-state index is 13.5. The quantitative estimate of drug-likeness (QED) is 0.466. The second-order valence-electron chi connectivity index (χ2n) is 8.01. The molecular formula is C23H22N4O4S. The van der Waals surface area contributed by atoms with Crippen LogP contribution in [0.25, 0.3) is 10.9 Å². The topological polar surface area (TPSA) is 118 Å². The zero-order chi connectivity index (χ0) is 22.3. The van der Waals surface area contributed by atoms with Gasteiger partial charge in [-0.1, -0.05) is 43.3 Å². The van der Waals surface area contributed by atoms with E-state index in [4.69, 9.17) is 4.42 Å². The van der Waals surface area contributed by atoms with Crippen molar-refractivity contribution in [3.8, 4) is 0 Å². The van der Waals surface area contributed by atoms with Crippen molar-refractivity contribution >= 4 is 20.9 Å². The lowest BCUT2D eigenvalue weighted by Gasteiger charge is -2.24. The maximum Gasteiger partial charge on any atom is 0.434 e. The van der Waals surface area contributed by atoms with E-state index in [2.05, 4.69) is 26.0 Å². The van der Waals surface area contributed by atoms with Crippen LogP contribution in [0.3, 0.4) is 0 Å². The number of H-pyrrole nitrogens is 1. The predicted molar refractivity (Wildman–Crippen MR) is 119 cm³/mol. The number of pyridine rings is 1. The van der Waals surface area contributed by atoms with Crippen LogP contribution in [0.2, 0.25) is 0 Å². The molecule has 32 heavy (non-hydrogen) atoms. The Hall–Kier alpha value is -3.30. The van der Waals surface area contributed by atoms with E-state index in [1.54, 1.807) is 18.3 Å². The van der Waals surface area contributed by atoms with Gasteiger partial charge in [0.2, 0.25) is 15.9 Å². The van der Waals surface area contributed by atoms with Gasteiger partial charge in [0.25, 0.3) is 0 Å². The van der Waals surface area contributed by atoms with Crippen molar-refractivity contribution in [2.24, 2.45) is 0 Å². The van der Waals surface area contributed by atoms with Crippen LogP contribution >= 0.6 is 0 Å². The number of nitrogens with one attached hydrogen (secondary N) is 2. The van der Waals surface area contributed by atoms with Gasteiger partial charge in [-0.2, -0.15) is 4.72 Å². The summed E-state index contributed by atoms with van der Waals surface area (Å²) < 4.78 is 34.9. The second kappa shape index (κ2) is 7.99. The molecule has 0 saturated carbocycles. The van der Waals surface area contributed by atoms with E-state index in [9.17, 15) is 13.2 Å². The number of hydrogen-bond donors (Lipinski definition) is 2. The third-order valence-corrected chi connectivity index (χ3v) is 7.53. The number of sulfonamides is 1. The lowest BCUT2D eigenvalue weighted by Crippen LogP contribution is -2.32. The molecule has 0 amide bonds. The number of aromatic amines is 1. The second-order valence-corrected chi connectivity index (χ2v) is 9.69. The molecule has 1 aliphatic carbocycles. The molecule has 0 spiro atoms. The zero-order valence-electron chi connectivity index (χ0n) is 17.4. The standard InChI is InChI=1S/C23H22N4O4S/c1-14(17-10-2-6-15-7-3-11-18(15)17)20(22-25-26-23(28)31-22)27-32(29,30)19-12-4-8-16-9-5-13-24-21(16)19/h2,4-6,8-10,12-14,20,27H,3,7,11H2,1H3,(H,26,28). The van der Waals surface area contributed by atoms with Crippen LogP contribution in [0.5, 0.6) is 0 Å². The van der Waals surface area contributed by atoms with Gasteiger partial charge in [-0.3, -0.25) is 4.98 Å². The first-order valence-electron chi connectivity index (χ1n) is 10.5. The molecule has 2 unspecified atom stereocenters. The Morgan fingerprint density at radius 3 is 2.72 bits per heavy atom. The van der Waals surface area contributed by atoms with Crippen molar-refractivity contribution in [1.29, 1.82) is 0 Å². The van der Waals surface area contributed by atoms with Crippen LogP contribution in [0.4, 0.5) is 0 Å². The van der Waals surface area contributed by atoms with Gasteiger partial charge in [-0.05, 0) is 48.1 Å². The highest BCUT2D eigenvalue weighted by atomic mass is 32.2. The van der Waals surface area contributed by atoms with Crippen LogP contribution in [0.1, 0.15) is 47.9 Å². The average molecular weight is 451 g/mol. The largest absolute Gasteiger partial charge is 0.434 e. The summed E-state index contributed by atoms with van der Waals surface area (Å²) in [7, 11) is -4.02. The highest BCUT2D eigenvalue weighted by Gasteiger charge is 2.33. The molecule has 0 radical (unpaired) electrons. The summed E-state index contributed by atoms with van der Waals surface area (Å²) in [6.07, 6.45) is 4.56. The van der Waals surface area contributed by atoms with Gasteiger partial charge in [-0.25, -0.2) is 18.3 Å². The molecule has 2 aromatic heterocycles. The fourth-order valence-electron chi connectivity index (χ4n) is 4.52. The lowest BCUT2D eigenvalue weighted by molar-refractivity contribution is 0.381. The Labute approximate surface area is 184 Å². The molecule has 9 heteroatoms. The number of aryl methyl sites for hydroxylation is 1. The molecule has 2 heterocycles. The highest BCUT2D eigenvalue weighted by Crippen LogP contribution is 2.37. The summed E-state index contributed by atoms with van der Waals surface area (Å²) >= 11 is 0. The molecule has 5 rings (SSSR count). The summed E-state index contributed by atoms with van der Waals surface area (Å²) in [4.78, 5) is 16.0. The molecule has 2 N–H and O–H groups in total. The summed E-state index contributed by atoms with van der Waals surface area (Å²) in [6.45, 7) is 1.91. The first-order valence-corrected chi connectivity index (χ1v) is 11.9. The van der Waals surface area contributed by atoms with Crippen molar-refractivity contribution in [3.05, 3.63) is 87.9 Å². The monoisotopic (exact) mass is 450 g/mol. The summed E-state index contributed by atoms with van der Waals surface area (Å²) in [5.74, 6) is -1.07. The maximum atomic E-state index is 13.5. The molecule has 1 aliphatic rings. The number of fused-ring (bicyclic) bond motifs is 2. The van der Waals surface area contributed by atoms with Gasteiger partial charge in [0.15, 0.2) is 0 Å². The molecule has 164 valence electrons. The molecule has 0 fully saturated rings. The Kier molecular flexibility index (Phi) is 5.15. The Morgan fingerprint density at radius 2 is 1.91 bits per heavy atom. The third kappa shape index (κ3) is 3.63. The Balaban J connectivity index is 1.59. The van der Waals surface area contributed by atoms with Crippen molar-refractivity contribution in [2.45, 2.75) is 43.0 Å². The number of nitrogens with zero attached hydrogens (tertiary/aromatic N) is 2. The van der Waals surface area contributed by atoms with Gasteiger partial charge < -0.3 is 4.42 Å². The molecule has 8 nitrogen and oxygen atoms in total. The van der Waals surface area contributed by atoms with Crippen LogP contribution < -0.4 is 10.5 Å². The molecule has 2 aromatic carbocycles. The fraction of sp³-hybridized carbons (Fsp3) is 0.261. The van der Waals surface area contributed by atoms with Gasteiger partial charge in [0.1, 0.15) is 10.9 Å². The van der Waals surface area contributed by atoms with Crippen LogP contribution in [0, 0.1) is 0 Å². The summed E-state index contributed by atoms with van der Waals surface area (Å²) in [5, 5.41) is 6.91. The number of benzene rings is 2. The van der Waals surface area contributed by atoms with Crippen LogP contribution in [0.15, 0.2) is 68.8 Å². The van der Waals surface area contributed by atoms with Gasteiger partial charge in [0.05, 0.1) is 5.52 Å². The highest BCUT2D eigenvalue weighted by molar-refractivity contribution is 7.89. The van der Waals surface area contributed by atoms with Crippen molar-refractivity contribution in [1.82, 2.24) is 19.9 Å². The molecular weight excluding hydrogens is 428 g/mol. The van der Waals surface area contributed by atoms with Crippen LogP contribution in [-0.2, 0) is 22.9 Å². The van der Waals surface area contributed by atoms with E-state index in [0.717, 1.165) is 24.8 Å². The predicted octanol–water partition coefficient (Wildman–Crippen LogP) is 3.22. The molecule has 4 aromatic rings. The summed E-state index contributed by atoms with van der Waals surface area (Å²) in [6, 6.07) is 13.8. The normalized spacial score (nSPS) is 15.5.